The molecule has 16 heavy (non-hydrogen) atoms. The lowest BCUT2D eigenvalue weighted by Gasteiger charge is -2.20. The first-order valence-corrected chi connectivity index (χ1v) is 6.16. The van der Waals surface area contributed by atoms with Gasteiger partial charge in [-0.2, -0.15) is 0 Å². The summed E-state index contributed by atoms with van der Waals surface area (Å²) >= 11 is 0. The smallest absolute Gasteiger partial charge is 0.109 e. The Morgan fingerprint density at radius 3 is 2.75 bits per heavy atom. The molecule has 0 bridgehead atoms. The third-order valence-corrected chi connectivity index (χ3v) is 2.85. The van der Waals surface area contributed by atoms with Gasteiger partial charge in [-0.05, 0) is 13.0 Å². The summed E-state index contributed by atoms with van der Waals surface area (Å²) < 4.78 is 2.08. The molecule has 2 N–H and O–H groups in total. The van der Waals surface area contributed by atoms with Gasteiger partial charge in [0.25, 0.3) is 0 Å². The molecular formula is C12H24N4. The van der Waals surface area contributed by atoms with E-state index in [2.05, 4.69) is 21.4 Å². The van der Waals surface area contributed by atoms with Crippen molar-refractivity contribution in [2.45, 2.75) is 26.2 Å². The van der Waals surface area contributed by atoms with Crippen LogP contribution in [0.3, 0.4) is 0 Å². The van der Waals surface area contributed by atoms with E-state index in [1.165, 1.54) is 12.8 Å². The fraction of sp³-hybridized carbons (Fsp3) is 0.750. The van der Waals surface area contributed by atoms with Crippen molar-refractivity contribution in [1.82, 2.24) is 14.5 Å². The van der Waals surface area contributed by atoms with E-state index in [1.54, 1.807) is 0 Å². The second kappa shape index (κ2) is 7.41. The summed E-state index contributed by atoms with van der Waals surface area (Å²) in [7, 11) is 2.04. The van der Waals surface area contributed by atoms with Gasteiger partial charge in [0.1, 0.15) is 5.82 Å². The van der Waals surface area contributed by atoms with Crippen molar-refractivity contribution in [2.75, 3.05) is 26.2 Å². The molecule has 0 amide bonds. The molecule has 0 aliphatic rings. The Kier molecular flexibility index (Phi) is 6.11. The van der Waals surface area contributed by atoms with Crippen molar-refractivity contribution in [3.63, 3.8) is 0 Å². The normalized spacial score (nSPS) is 11.2. The van der Waals surface area contributed by atoms with Gasteiger partial charge in [-0.1, -0.05) is 13.3 Å². The molecule has 92 valence electrons. The molecule has 0 fully saturated rings. The summed E-state index contributed by atoms with van der Waals surface area (Å²) in [6.45, 7) is 6.16. The highest BCUT2D eigenvalue weighted by molar-refractivity contribution is 4.91. The van der Waals surface area contributed by atoms with Gasteiger partial charge in [0.05, 0.1) is 0 Å². The van der Waals surface area contributed by atoms with Crippen LogP contribution in [0, 0.1) is 0 Å². The number of hydrogen-bond donors (Lipinski definition) is 1. The molecule has 1 heterocycles. The van der Waals surface area contributed by atoms with E-state index in [0.717, 1.165) is 38.4 Å². The molecular weight excluding hydrogens is 200 g/mol. The molecule has 1 rings (SSSR count). The summed E-state index contributed by atoms with van der Waals surface area (Å²) in [5, 5.41) is 0. The molecule has 4 nitrogen and oxygen atoms in total. The van der Waals surface area contributed by atoms with Crippen LogP contribution in [0.25, 0.3) is 0 Å². The van der Waals surface area contributed by atoms with Crippen LogP contribution in [-0.4, -0.2) is 40.6 Å². The fourth-order valence-electron chi connectivity index (χ4n) is 1.80. The first-order chi connectivity index (χ1) is 7.77. The van der Waals surface area contributed by atoms with Gasteiger partial charge in [-0.3, -0.25) is 0 Å². The highest BCUT2D eigenvalue weighted by atomic mass is 15.1. The Bertz CT molecular complexity index is 282. The van der Waals surface area contributed by atoms with Crippen LogP contribution in [0.1, 0.15) is 25.6 Å². The van der Waals surface area contributed by atoms with E-state index < -0.39 is 0 Å². The molecule has 0 saturated heterocycles. The van der Waals surface area contributed by atoms with Crippen LogP contribution in [-0.2, 0) is 13.5 Å². The minimum Gasteiger partial charge on any atom is -0.338 e. The predicted molar refractivity (Wildman–Crippen MR) is 67.3 cm³/mol. The van der Waals surface area contributed by atoms with Crippen LogP contribution in [0.4, 0.5) is 0 Å². The Morgan fingerprint density at radius 2 is 2.19 bits per heavy atom. The quantitative estimate of drug-likeness (QED) is 0.717. The standard InChI is InChI=1S/C12H24N4/c1-3-4-8-16(10-6-13)9-5-12-14-7-11-15(12)2/h7,11H,3-6,8-10,13H2,1-2H3. The van der Waals surface area contributed by atoms with Crippen LogP contribution in [0.2, 0.25) is 0 Å². The van der Waals surface area contributed by atoms with Crippen molar-refractivity contribution in [1.29, 1.82) is 0 Å². The molecule has 1 aromatic heterocycles. The molecule has 0 unspecified atom stereocenters. The lowest BCUT2D eigenvalue weighted by molar-refractivity contribution is 0.277. The minimum absolute atomic E-state index is 0.740. The highest BCUT2D eigenvalue weighted by Crippen LogP contribution is 2.00. The Balaban J connectivity index is 2.34. The number of rotatable bonds is 8. The maximum absolute atomic E-state index is 5.62. The number of unbranched alkanes of at least 4 members (excludes halogenated alkanes) is 1. The zero-order valence-corrected chi connectivity index (χ0v) is 10.5. The summed E-state index contributed by atoms with van der Waals surface area (Å²) in [6.07, 6.45) is 7.35. The fourth-order valence-corrected chi connectivity index (χ4v) is 1.80. The molecule has 0 aliphatic heterocycles. The average molecular weight is 224 g/mol. The first-order valence-electron chi connectivity index (χ1n) is 6.16. The topological polar surface area (TPSA) is 47.1 Å². The van der Waals surface area contributed by atoms with Gasteiger partial charge in [0.2, 0.25) is 0 Å². The molecule has 0 aliphatic carbocycles. The van der Waals surface area contributed by atoms with Gasteiger partial charge < -0.3 is 15.2 Å². The molecule has 0 spiro atoms. The van der Waals surface area contributed by atoms with Crippen molar-refractivity contribution >= 4 is 0 Å². The van der Waals surface area contributed by atoms with Crippen molar-refractivity contribution in [3.8, 4) is 0 Å². The number of aromatic nitrogens is 2. The predicted octanol–water partition coefficient (Wildman–Crippen LogP) is 1.02. The molecule has 4 heteroatoms. The average Bonchev–Trinajstić information content (AvgIpc) is 2.68. The molecule has 0 radical (unpaired) electrons. The largest absolute Gasteiger partial charge is 0.338 e. The maximum atomic E-state index is 5.62. The Labute approximate surface area is 98.5 Å². The van der Waals surface area contributed by atoms with Gasteiger partial charge in [-0.15, -0.1) is 0 Å². The third-order valence-electron chi connectivity index (χ3n) is 2.85. The second-order valence-corrected chi connectivity index (χ2v) is 4.19. The lowest BCUT2D eigenvalue weighted by atomic mass is 10.3. The number of nitrogens with two attached hydrogens (primary N) is 1. The first kappa shape index (κ1) is 13.2. The van der Waals surface area contributed by atoms with E-state index in [4.69, 9.17) is 5.73 Å². The SMILES string of the molecule is CCCCN(CCN)CCc1nccn1C. The maximum Gasteiger partial charge on any atom is 0.109 e. The third kappa shape index (κ3) is 4.33. The van der Waals surface area contributed by atoms with Crippen LogP contribution in [0.5, 0.6) is 0 Å². The number of imidazole rings is 1. The van der Waals surface area contributed by atoms with E-state index >= 15 is 0 Å². The molecule has 0 saturated carbocycles. The summed E-state index contributed by atoms with van der Waals surface area (Å²) in [6, 6.07) is 0. The second-order valence-electron chi connectivity index (χ2n) is 4.19. The summed E-state index contributed by atoms with van der Waals surface area (Å²) in [5.74, 6) is 1.15. The van der Waals surface area contributed by atoms with Crippen LogP contribution in [0.15, 0.2) is 12.4 Å². The van der Waals surface area contributed by atoms with Gasteiger partial charge in [-0.25, -0.2) is 4.98 Å². The monoisotopic (exact) mass is 224 g/mol. The lowest BCUT2D eigenvalue weighted by Crippen LogP contribution is -2.32. The van der Waals surface area contributed by atoms with E-state index in [9.17, 15) is 0 Å². The Hall–Kier alpha value is -0.870. The number of nitrogens with zero attached hydrogens (tertiary/aromatic N) is 3. The van der Waals surface area contributed by atoms with E-state index in [1.807, 2.05) is 19.4 Å². The number of aryl methyl sites for hydroxylation is 1. The van der Waals surface area contributed by atoms with Gasteiger partial charge in [0, 0.05) is 45.5 Å². The Morgan fingerprint density at radius 1 is 1.38 bits per heavy atom. The molecule has 0 aromatic carbocycles. The summed E-state index contributed by atoms with van der Waals surface area (Å²) in [4.78, 5) is 6.76. The zero-order chi connectivity index (χ0) is 11.8. The molecule has 1 aromatic rings. The van der Waals surface area contributed by atoms with Crippen molar-refractivity contribution in [2.24, 2.45) is 12.8 Å². The van der Waals surface area contributed by atoms with Gasteiger partial charge in [0.15, 0.2) is 0 Å². The van der Waals surface area contributed by atoms with Crippen LogP contribution >= 0.6 is 0 Å². The number of hydrogen-bond acceptors (Lipinski definition) is 3. The van der Waals surface area contributed by atoms with Crippen LogP contribution < -0.4 is 5.73 Å². The summed E-state index contributed by atoms with van der Waals surface area (Å²) in [5.41, 5.74) is 5.62. The van der Waals surface area contributed by atoms with E-state index in [-0.39, 0.29) is 0 Å². The van der Waals surface area contributed by atoms with E-state index in [0.29, 0.717) is 0 Å². The highest BCUT2D eigenvalue weighted by Gasteiger charge is 2.05. The molecule has 0 atom stereocenters. The van der Waals surface area contributed by atoms with Gasteiger partial charge >= 0.3 is 0 Å². The van der Waals surface area contributed by atoms with Crippen molar-refractivity contribution < 1.29 is 0 Å². The minimum atomic E-state index is 0.740. The zero-order valence-electron chi connectivity index (χ0n) is 10.5. The van der Waals surface area contributed by atoms with Crippen molar-refractivity contribution in [3.05, 3.63) is 18.2 Å².